The van der Waals surface area contributed by atoms with Crippen LogP contribution in [0.3, 0.4) is 0 Å². The number of halogens is 3. The molecule has 1 saturated carbocycles. The Hall–Kier alpha value is 0.890. The van der Waals surface area contributed by atoms with Crippen molar-refractivity contribution >= 4 is 37.2 Å². The van der Waals surface area contributed by atoms with E-state index >= 15 is 0 Å². The van der Waals surface area contributed by atoms with Crippen molar-refractivity contribution in [3.8, 4) is 0 Å². The van der Waals surface area contributed by atoms with Gasteiger partial charge in [-0.3, -0.25) is 0 Å². The van der Waals surface area contributed by atoms with Crippen LogP contribution in [0.1, 0.15) is 168 Å². The van der Waals surface area contributed by atoms with Crippen molar-refractivity contribution in [2.24, 2.45) is 33.5 Å². The van der Waals surface area contributed by atoms with Gasteiger partial charge in [-0.2, -0.15) is 0 Å². The van der Waals surface area contributed by atoms with E-state index < -0.39 is 0 Å². The molecule has 5 aliphatic rings. The first-order valence-corrected chi connectivity index (χ1v) is 29.1. The van der Waals surface area contributed by atoms with Gasteiger partial charge in [0.1, 0.15) is 0 Å². The first kappa shape index (κ1) is 42.9. The van der Waals surface area contributed by atoms with Crippen molar-refractivity contribution in [3.05, 3.63) is 58.7 Å². The summed E-state index contributed by atoms with van der Waals surface area (Å²) >= 11 is 5.30. The van der Waals surface area contributed by atoms with Gasteiger partial charge in [0, 0.05) is 1.43 Å². The zero-order chi connectivity index (χ0) is 31.8. The molecule has 3 heteroatoms. The first-order chi connectivity index (χ1) is 19.2. The summed E-state index contributed by atoms with van der Waals surface area (Å²) in [5.74, 6) is 1.87. The summed E-state index contributed by atoms with van der Waals surface area (Å²) in [6, 6.07) is 8.87. The largest absolute Gasteiger partial charge is 0 e. The number of rotatable bonds is 0. The molecular weight excluding hydrogens is 873 g/mol. The van der Waals surface area contributed by atoms with Gasteiger partial charge in [0.15, 0.2) is 0 Å². The smallest absolute Gasteiger partial charge is 0 e. The number of hydrogen-bond acceptors (Lipinski definition) is 0. The fraction of sp³-hybridized carbons (Fsp3) is 0.756. The van der Waals surface area contributed by atoms with Crippen LogP contribution in [0.25, 0.3) is 0 Å². The second-order valence-corrected chi connectivity index (χ2v) is 34.2. The van der Waals surface area contributed by atoms with E-state index in [1.807, 2.05) is 11.1 Å². The van der Waals surface area contributed by atoms with Crippen LogP contribution in [-0.2, 0) is 10.8 Å². The monoisotopic (exact) mass is 945 g/mol. The van der Waals surface area contributed by atoms with Crippen molar-refractivity contribution in [3.63, 3.8) is 0 Å². The van der Waals surface area contributed by atoms with Crippen molar-refractivity contribution in [2.75, 3.05) is 0 Å². The van der Waals surface area contributed by atoms with E-state index in [1.54, 1.807) is 11.1 Å². The minimum absolute atomic E-state index is 0. The summed E-state index contributed by atoms with van der Waals surface area (Å²) in [7, 11) is 0. The molecular formula is C41H72I3-. The predicted octanol–water partition coefficient (Wildman–Crippen LogP) is 12.3. The molecule has 5 aliphatic carbocycles. The maximum Gasteiger partial charge on any atom is 0 e. The third kappa shape index (κ3) is 9.74. The molecule has 0 heterocycles. The standard InChI is InChI=1S/2C13H22.C13H18.2CH4.I3.H2/c3*1-12(2)9-13(3,4)11-8-6-5-7-10(11)12;;;1-3-2;/h5-9H2,1-4H3;5-6,10-11H,7-9H2,1-4H3;5-8H,9H2,1-4H3;2*1H4;;1H/q;;;;;-1;. The van der Waals surface area contributed by atoms with Crippen LogP contribution >= 0.6 is 37.2 Å². The summed E-state index contributed by atoms with van der Waals surface area (Å²) in [6.07, 6.45) is 17.1. The Balaban J connectivity index is 0.000000598. The van der Waals surface area contributed by atoms with Crippen LogP contribution in [-0.4, -0.2) is 0 Å². The number of fused-ring (bicyclic) bond motifs is 2. The molecule has 6 rings (SSSR count). The average molecular weight is 946 g/mol. The van der Waals surface area contributed by atoms with Crippen LogP contribution in [0.4, 0.5) is 0 Å². The molecule has 0 N–H and O–H groups in total. The van der Waals surface area contributed by atoms with E-state index in [9.17, 15) is 0 Å². The van der Waals surface area contributed by atoms with E-state index in [4.69, 9.17) is 0 Å². The second kappa shape index (κ2) is 16.1. The molecule has 258 valence electrons. The van der Waals surface area contributed by atoms with Gasteiger partial charge in [0.25, 0.3) is 0 Å². The van der Waals surface area contributed by atoms with Crippen LogP contribution in [0.5, 0.6) is 0 Å². The number of hydrogen-bond donors (Lipinski definition) is 0. The molecule has 0 radical (unpaired) electrons. The average Bonchev–Trinajstić information content (AvgIpc) is 3.29. The summed E-state index contributed by atoms with van der Waals surface area (Å²) in [6.45, 7) is 29.0. The van der Waals surface area contributed by atoms with Gasteiger partial charge in [-0.05, 0) is 113 Å². The molecule has 0 spiro atoms. The Morgan fingerprint density at radius 1 is 0.568 bits per heavy atom. The van der Waals surface area contributed by atoms with E-state index in [0.717, 1.165) is 11.8 Å². The molecule has 0 nitrogen and oxygen atoms in total. The van der Waals surface area contributed by atoms with E-state index in [2.05, 4.69) is 157 Å². The van der Waals surface area contributed by atoms with Gasteiger partial charge < -0.3 is 0 Å². The fourth-order valence-corrected chi connectivity index (χ4v) is 10.7. The van der Waals surface area contributed by atoms with Gasteiger partial charge in [0.05, 0.1) is 0 Å². The van der Waals surface area contributed by atoms with Gasteiger partial charge >= 0.3 is 50.5 Å². The summed E-state index contributed by atoms with van der Waals surface area (Å²) < 4.78 is 0. The Kier molecular flexibility index (Phi) is 15.7. The van der Waals surface area contributed by atoms with Crippen LogP contribution < -0.4 is 13.3 Å². The van der Waals surface area contributed by atoms with Gasteiger partial charge in [0.2, 0.25) is 0 Å². The first-order valence-electron chi connectivity index (χ1n) is 16.6. The molecule has 0 amide bonds. The molecule has 1 aromatic rings. The van der Waals surface area contributed by atoms with Crippen molar-refractivity contribution in [1.82, 2.24) is 0 Å². The fourth-order valence-electron chi connectivity index (χ4n) is 10.7. The summed E-state index contributed by atoms with van der Waals surface area (Å²) in [4.78, 5) is 0. The molecule has 0 saturated heterocycles. The van der Waals surface area contributed by atoms with Crippen molar-refractivity contribution < 1.29 is 14.7 Å². The number of allylic oxidation sites excluding steroid dienone is 4. The van der Waals surface area contributed by atoms with Crippen molar-refractivity contribution in [1.29, 1.82) is 0 Å². The minimum atomic E-state index is 0. The van der Waals surface area contributed by atoms with E-state index in [-0.39, 0.29) is 16.3 Å². The third-order valence-electron chi connectivity index (χ3n) is 11.6. The maximum atomic E-state index is 2.46. The Morgan fingerprint density at radius 2 is 0.886 bits per heavy atom. The molecule has 44 heavy (non-hydrogen) atoms. The van der Waals surface area contributed by atoms with Crippen molar-refractivity contribution in [2.45, 2.75) is 167 Å². The molecule has 1 aromatic carbocycles. The predicted molar refractivity (Wildman–Crippen MR) is 216 cm³/mol. The topological polar surface area (TPSA) is 0 Å². The Morgan fingerprint density at radius 3 is 1.23 bits per heavy atom. The van der Waals surface area contributed by atoms with Crippen LogP contribution in [0.2, 0.25) is 0 Å². The van der Waals surface area contributed by atoms with Crippen LogP contribution in [0, 0.1) is 33.5 Å². The summed E-state index contributed by atoms with van der Waals surface area (Å²) in [5.41, 5.74) is 9.56. The molecule has 1 fully saturated rings. The SMILES string of the molecule is C.C.CC1(C)CC(C)(C)C2=C1CCCC2.CC1(C)CC(C)(C)C2CC=CCC21.CC1(C)CC(C)(C)c2ccccc21.I[I-]I.[HH]. The second-order valence-electron chi connectivity index (χ2n) is 18.0. The summed E-state index contributed by atoms with van der Waals surface area (Å²) in [5, 5.41) is 0. The van der Waals surface area contributed by atoms with Gasteiger partial charge in [-0.1, -0.05) is 146 Å². The van der Waals surface area contributed by atoms with Gasteiger partial charge in [-0.25, -0.2) is 0 Å². The maximum absolute atomic E-state index is 2.46. The molecule has 2 atom stereocenters. The molecule has 2 unspecified atom stereocenters. The third-order valence-corrected chi connectivity index (χ3v) is 11.6. The van der Waals surface area contributed by atoms with Crippen LogP contribution in [0.15, 0.2) is 47.6 Å². The molecule has 0 aliphatic heterocycles. The minimum Gasteiger partial charge on any atom is 0 e. The van der Waals surface area contributed by atoms with Gasteiger partial charge in [-0.15, -0.1) is 0 Å². The quantitative estimate of drug-likeness (QED) is 0.180. The van der Waals surface area contributed by atoms with E-state index in [1.165, 1.54) is 57.8 Å². The molecule has 0 bridgehead atoms. The Bertz CT molecular complexity index is 1050. The zero-order valence-electron chi connectivity index (χ0n) is 29.1. The molecule has 0 aromatic heterocycles. The zero-order valence-corrected chi connectivity index (χ0v) is 35.6. The Labute approximate surface area is 307 Å². The number of benzene rings is 1. The normalized spacial score (nSPS) is 28.1. The van der Waals surface area contributed by atoms with E-state index in [0.29, 0.717) is 45.7 Å².